The second kappa shape index (κ2) is 6.25. The summed E-state index contributed by atoms with van der Waals surface area (Å²) in [6, 6.07) is 7.48. The molecule has 0 aliphatic carbocycles. The molecular formula is C15H9F5N2O3S. The Labute approximate surface area is 143 Å². The fourth-order valence-corrected chi connectivity index (χ4v) is 3.55. The molecule has 2 aromatic carbocycles. The van der Waals surface area contributed by atoms with E-state index >= 15 is 0 Å². The number of H-pyrrole nitrogens is 1. The van der Waals surface area contributed by atoms with E-state index in [-0.39, 0.29) is 15.4 Å². The molecule has 1 N–H and O–H groups in total. The number of rotatable bonds is 4. The van der Waals surface area contributed by atoms with Crippen LogP contribution in [0.5, 0.6) is 0 Å². The molecule has 0 spiro atoms. The molecule has 26 heavy (non-hydrogen) atoms. The number of alkyl halides is 3. The molecule has 0 bridgehead atoms. The van der Waals surface area contributed by atoms with Crippen molar-refractivity contribution in [2.75, 3.05) is 4.47 Å². The van der Waals surface area contributed by atoms with Gasteiger partial charge in [0.25, 0.3) is 10.0 Å². The lowest BCUT2D eigenvalue weighted by atomic mass is 10.2. The lowest BCUT2D eigenvalue weighted by Crippen LogP contribution is -2.36. The Kier molecular flexibility index (Phi) is 4.36. The number of hydrogen-bond donors (Lipinski definition) is 1. The summed E-state index contributed by atoms with van der Waals surface area (Å²) in [6.07, 6.45) is -4.51. The van der Waals surface area contributed by atoms with Gasteiger partial charge in [-0.15, -0.1) is 17.6 Å². The maximum absolute atomic E-state index is 13.5. The third-order valence-electron chi connectivity index (χ3n) is 3.34. The van der Waals surface area contributed by atoms with Gasteiger partial charge in [0.05, 0.1) is 10.4 Å². The van der Waals surface area contributed by atoms with Crippen molar-refractivity contribution < 1.29 is 35.2 Å². The molecule has 0 fully saturated rings. The monoisotopic (exact) mass is 392 g/mol. The van der Waals surface area contributed by atoms with Crippen molar-refractivity contribution in [2.45, 2.75) is 11.3 Å². The molecular weight excluding hydrogens is 383 g/mol. The Balaban J connectivity index is 2.21. The standard InChI is InChI=1S/C15H9F5N2O3S/c16-11-6-10-13(7-12(11)17)21-8-14(10)22(25-15(18,19)20)26(23,24)9-4-2-1-3-5-9/h1-8,21H. The van der Waals surface area contributed by atoms with Gasteiger partial charge in [0.2, 0.25) is 0 Å². The van der Waals surface area contributed by atoms with E-state index in [0.29, 0.717) is 12.1 Å². The maximum Gasteiger partial charge on any atom is 0.544 e. The third kappa shape index (κ3) is 3.35. The molecule has 0 saturated carbocycles. The second-order valence-electron chi connectivity index (χ2n) is 5.07. The van der Waals surface area contributed by atoms with E-state index in [1.165, 1.54) is 18.2 Å². The normalized spacial score (nSPS) is 12.5. The van der Waals surface area contributed by atoms with E-state index in [0.717, 1.165) is 18.3 Å². The predicted octanol–water partition coefficient (Wildman–Crippen LogP) is 4.09. The minimum Gasteiger partial charge on any atom is -0.359 e. The highest BCUT2D eigenvalue weighted by Crippen LogP contribution is 2.35. The molecule has 138 valence electrons. The van der Waals surface area contributed by atoms with Crippen LogP contribution in [0, 0.1) is 11.6 Å². The van der Waals surface area contributed by atoms with Crippen molar-refractivity contribution >= 4 is 26.6 Å². The minimum atomic E-state index is -5.36. The van der Waals surface area contributed by atoms with Gasteiger partial charge < -0.3 is 4.98 Å². The van der Waals surface area contributed by atoms with E-state index in [4.69, 9.17) is 0 Å². The summed E-state index contributed by atoms with van der Waals surface area (Å²) in [6.45, 7) is 0. The largest absolute Gasteiger partial charge is 0.544 e. The fourth-order valence-electron chi connectivity index (χ4n) is 2.26. The third-order valence-corrected chi connectivity index (χ3v) is 4.92. The van der Waals surface area contributed by atoms with Crippen LogP contribution in [0.3, 0.4) is 0 Å². The topological polar surface area (TPSA) is 62.4 Å². The van der Waals surface area contributed by atoms with E-state index in [1.807, 2.05) is 0 Å². The number of nitrogens with one attached hydrogen (secondary N) is 1. The number of halogens is 5. The van der Waals surface area contributed by atoms with Gasteiger partial charge in [-0.1, -0.05) is 18.2 Å². The SMILES string of the molecule is O=S(=O)(c1ccccc1)N(OC(F)(F)F)c1c[nH]c2cc(F)c(F)cc12. The predicted molar refractivity (Wildman–Crippen MR) is 81.5 cm³/mol. The summed E-state index contributed by atoms with van der Waals surface area (Å²) in [7, 11) is -4.82. The van der Waals surface area contributed by atoms with E-state index in [9.17, 15) is 30.4 Å². The first-order chi connectivity index (χ1) is 12.1. The highest BCUT2D eigenvalue weighted by molar-refractivity contribution is 7.92. The molecule has 3 rings (SSSR count). The summed E-state index contributed by atoms with van der Waals surface area (Å²) in [5.41, 5.74) is -0.766. The van der Waals surface area contributed by atoms with Crippen LogP contribution in [0.25, 0.3) is 10.9 Å². The maximum atomic E-state index is 13.5. The highest BCUT2D eigenvalue weighted by atomic mass is 32.2. The Morgan fingerprint density at radius 3 is 2.23 bits per heavy atom. The van der Waals surface area contributed by atoms with Crippen LogP contribution in [-0.2, 0) is 14.9 Å². The van der Waals surface area contributed by atoms with E-state index in [2.05, 4.69) is 9.82 Å². The van der Waals surface area contributed by atoms with Gasteiger partial charge in [0.15, 0.2) is 11.6 Å². The number of aromatic amines is 1. The van der Waals surface area contributed by atoms with Gasteiger partial charge in [0.1, 0.15) is 5.69 Å². The van der Waals surface area contributed by atoms with Crippen molar-refractivity contribution in [2.24, 2.45) is 0 Å². The zero-order valence-corrected chi connectivity index (χ0v) is 13.4. The van der Waals surface area contributed by atoms with Crippen LogP contribution in [0.1, 0.15) is 0 Å². The quantitative estimate of drug-likeness (QED) is 0.537. The van der Waals surface area contributed by atoms with E-state index in [1.54, 1.807) is 0 Å². The molecule has 0 amide bonds. The smallest absolute Gasteiger partial charge is 0.359 e. The number of aromatic nitrogens is 1. The molecule has 11 heteroatoms. The molecule has 1 heterocycles. The van der Waals surface area contributed by atoms with Crippen LogP contribution in [0.4, 0.5) is 27.6 Å². The second-order valence-corrected chi connectivity index (χ2v) is 6.82. The van der Waals surface area contributed by atoms with Crippen molar-refractivity contribution in [3.63, 3.8) is 0 Å². The lowest BCUT2D eigenvalue weighted by molar-refractivity contribution is -0.322. The molecule has 0 aliphatic heterocycles. The Morgan fingerprint density at radius 2 is 1.62 bits per heavy atom. The molecule has 0 unspecified atom stereocenters. The van der Waals surface area contributed by atoms with Crippen molar-refractivity contribution in [3.8, 4) is 0 Å². The average molecular weight is 392 g/mol. The van der Waals surface area contributed by atoms with Crippen molar-refractivity contribution in [1.82, 2.24) is 4.98 Å². The highest BCUT2D eigenvalue weighted by Gasteiger charge is 2.40. The number of hydrogen-bond acceptors (Lipinski definition) is 3. The van der Waals surface area contributed by atoms with Gasteiger partial charge in [-0.05, 0) is 18.2 Å². The minimum absolute atomic E-state index is 0.113. The lowest BCUT2D eigenvalue weighted by Gasteiger charge is -2.23. The van der Waals surface area contributed by atoms with Crippen LogP contribution < -0.4 is 4.47 Å². The van der Waals surface area contributed by atoms with Crippen LogP contribution in [0.15, 0.2) is 53.6 Å². The van der Waals surface area contributed by atoms with Crippen LogP contribution in [0.2, 0.25) is 0 Å². The van der Waals surface area contributed by atoms with Gasteiger partial charge in [-0.3, -0.25) is 0 Å². The summed E-state index contributed by atoms with van der Waals surface area (Å²) < 4.78 is 90.1. The van der Waals surface area contributed by atoms with Crippen LogP contribution >= 0.6 is 0 Å². The molecule has 0 atom stereocenters. The Hall–Kier alpha value is -2.66. The van der Waals surface area contributed by atoms with Gasteiger partial charge >= 0.3 is 6.36 Å². The Morgan fingerprint density at radius 1 is 1.00 bits per heavy atom. The van der Waals surface area contributed by atoms with E-state index < -0.39 is 38.6 Å². The number of benzene rings is 2. The summed E-state index contributed by atoms with van der Waals surface area (Å²) in [5, 5.41) is -0.312. The summed E-state index contributed by atoms with van der Waals surface area (Å²) >= 11 is 0. The molecule has 3 aromatic rings. The molecule has 5 nitrogen and oxygen atoms in total. The zero-order chi connectivity index (χ0) is 19.1. The number of fused-ring (bicyclic) bond motifs is 1. The number of sulfonamides is 1. The van der Waals surface area contributed by atoms with Gasteiger partial charge in [0, 0.05) is 17.6 Å². The summed E-state index contributed by atoms with van der Waals surface area (Å²) in [5.74, 6) is -2.61. The first-order valence-corrected chi connectivity index (χ1v) is 8.36. The van der Waals surface area contributed by atoms with Gasteiger partial charge in [-0.25, -0.2) is 8.78 Å². The fraction of sp³-hybridized carbons (Fsp3) is 0.0667. The molecule has 0 saturated heterocycles. The number of anilines is 1. The van der Waals surface area contributed by atoms with Gasteiger partial charge in [-0.2, -0.15) is 13.3 Å². The molecule has 0 radical (unpaired) electrons. The molecule has 0 aliphatic rings. The first-order valence-electron chi connectivity index (χ1n) is 6.92. The summed E-state index contributed by atoms with van der Waals surface area (Å²) in [4.78, 5) is 5.59. The Bertz CT molecular complexity index is 1050. The first kappa shape index (κ1) is 18.1. The number of nitrogens with zero attached hydrogens (tertiary/aromatic N) is 1. The molecule has 1 aromatic heterocycles. The average Bonchev–Trinajstić information content (AvgIpc) is 2.95. The van der Waals surface area contributed by atoms with Crippen molar-refractivity contribution in [1.29, 1.82) is 0 Å². The zero-order valence-electron chi connectivity index (χ0n) is 12.6. The van der Waals surface area contributed by atoms with Crippen LogP contribution in [-0.4, -0.2) is 19.8 Å². The van der Waals surface area contributed by atoms with Crippen molar-refractivity contribution in [3.05, 3.63) is 60.3 Å².